The maximum Gasteiger partial charge on any atom is 0.227 e. The molecule has 0 aliphatic carbocycles. The van der Waals surface area contributed by atoms with Crippen molar-refractivity contribution in [3.63, 3.8) is 0 Å². The number of halogens is 1. The first-order chi connectivity index (χ1) is 9.22. The van der Waals surface area contributed by atoms with Crippen LogP contribution in [0.3, 0.4) is 0 Å². The van der Waals surface area contributed by atoms with Gasteiger partial charge in [-0.1, -0.05) is 15.9 Å². The lowest BCUT2D eigenvalue weighted by Gasteiger charge is -2.22. The molecule has 1 aromatic carbocycles. The number of nitrogens with zero attached hydrogens (tertiary/aromatic N) is 2. The van der Waals surface area contributed by atoms with Crippen molar-refractivity contribution in [1.29, 1.82) is 0 Å². The zero-order valence-electron chi connectivity index (χ0n) is 10.3. The zero-order chi connectivity index (χ0) is 13.2. The first kappa shape index (κ1) is 12.4. The summed E-state index contributed by atoms with van der Waals surface area (Å²) in [5.41, 5.74) is 1.98. The maximum atomic E-state index is 12.2. The minimum absolute atomic E-state index is 0.0350. The van der Waals surface area contributed by atoms with E-state index in [-0.39, 0.29) is 11.8 Å². The molecule has 1 amide bonds. The Morgan fingerprint density at radius 3 is 2.95 bits per heavy atom. The van der Waals surface area contributed by atoms with Crippen molar-refractivity contribution >= 4 is 27.5 Å². The van der Waals surface area contributed by atoms with Gasteiger partial charge in [-0.2, -0.15) is 0 Å². The Bertz CT molecular complexity index is 591. The summed E-state index contributed by atoms with van der Waals surface area (Å²) in [5, 5.41) is 2.97. The van der Waals surface area contributed by atoms with Gasteiger partial charge in [0.1, 0.15) is 0 Å². The first-order valence-electron chi connectivity index (χ1n) is 6.28. The first-order valence-corrected chi connectivity index (χ1v) is 7.07. The molecule has 3 rings (SSSR count). The highest BCUT2D eigenvalue weighted by molar-refractivity contribution is 9.10. The normalized spacial score (nSPS) is 17.8. The van der Waals surface area contributed by atoms with Gasteiger partial charge in [0.05, 0.1) is 6.33 Å². The smallest absolute Gasteiger partial charge is 0.227 e. The fraction of sp³-hybridized carbons (Fsp3) is 0.286. The number of aromatic nitrogens is 2. The Balaban J connectivity index is 1.67. The lowest BCUT2D eigenvalue weighted by atomic mass is 9.95. The van der Waals surface area contributed by atoms with Crippen LogP contribution >= 0.6 is 15.9 Å². The number of benzene rings is 1. The number of carbonyl (C=O) groups excluding carboxylic acids is 1. The highest BCUT2D eigenvalue weighted by Crippen LogP contribution is 2.22. The Labute approximate surface area is 120 Å². The average Bonchev–Trinajstić information content (AvgIpc) is 2.88. The molecule has 0 saturated carbocycles. The predicted octanol–water partition coefficient (Wildman–Crippen LogP) is 2.85. The summed E-state index contributed by atoms with van der Waals surface area (Å²) >= 11 is 3.38. The molecule has 0 fully saturated rings. The Morgan fingerprint density at radius 2 is 2.16 bits per heavy atom. The fourth-order valence-corrected chi connectivity index (χ4v) is 2.63. The summed E-state index contributed by atoms with van der Waals surface area (Å²) in [6.45, 7) is 0.869. The van der Waals surface area contributed by atoms with Gasteiger partial charge >= 0.3 is 0 Å². The number of imidazole rings is 1. The van der Waals surface area contributed by atoms with Crippen LogP contribution in [0.1, 0.15) is 12.1 Å². The molecule has 0 saturated heterocycles. The summed E-state index contributed by atoms with van der Waals surface area (Å²) in [6, 6.07) is 7.64. The van der Waals surface area contributed by atoms with Gasteiger partial charge in [0.25, 0.3) is 0 Å². The molecule has 1 N–H and O–H groups in total. The predicted molar refractivity (Wildman–Crippen MR) is 76.8 cm³/mol. The van der Waals surface area contributed by atoms with Crippen LogP contribution in [0, 0.1) is 5.92 Å². The lowest BCUT2D eigenvalue weighted by molar-refractivity contribution is -0.120. The molecule has 0 spiro atoms. The fourth-order valence-electron chi connectivity index (χ4n) is 2.37. The van der Waals surface area contributed by atoms with Crippen molar-refractivity contribution in [1.82, 2.24) is 9.55 Å². The van der Waals surface area contributed by atoms with Gasteiger partial charge in [-0.15, -0.1) is 0 Å². The third kappa shape index (κ3) is 2.71. The molecule has 2 aromatic rings. The van der Waals surface area contributed by atoms with E-state index in [1.165, 1.54) is 0 Å². The van der Waals surface area contributed by atoms with Crippen molar-refractivity contribution < 1.29 is 4.79 Å². The topological polar surface area (TPSA) is 46.9 Å². The monoisotopic (exact) mass is 319 g/mol. The number of hydrogen-bond donors (Lipinski definition) is 1. The third-order valence-electron chi connectivity index (χ3n) is 3.46. The van der Waals surface area contributed by atoms with Crippen LogP contribution in [-0.4, -0.2) is 15.5 Å². The van der Waals surface area contributed by atoms with E-state index in [1.807, 2.05) is 36.8 Å². The molecular weight excluding hydrogens is 306 g/mol. The van der Waals surface area contributed by atoms with Crippen LogP contribution < -0.4 is 5.32 Å². The van der Waals surface area contributed by atoms with Crippen LogP contribution in [0.25, 0.3) is 0 Å². The molecule has 5 heteroatoms. The molecule has 0 bridgehead atoms. The summed E-state index contributed by atoms with van der Waals surface area (Å²) in [6.07, 6.45) is 5.31. The quantitative estimate of drug-likeness (QED) is 0.925. The molecule has 2 heterocycles. The van der Waals surface area contributed by atoms with Gasteiger partial charge in [0, 0.05) is 40.9 Å². The lowest BCUT2D eigenvalue weighted by Crippen LogP contribution is -2.29. The van der Waals surface area contributed by atoms with Crippen molar-refractivity contribution in [2.24, 2.45) is 5.92 Å². The van der Waals surface area contributed by atoms with Crippen LogP contribution in [0.5, 0.6) is 0 Å². The Hall–Kier alpha value is -1.62. The molecular formula is C14H14BrN3O. The number of aryl methyl sites for hydroxylation is 1. The minimum atomic E-state index is 0.0350. The second-order valence-corrected chi connectivity index (χ2v) is 5.68. The summed E-state index contributed by atoms with van der Waals surface area (Å²) < 4.78 is 3.12. The number of carbonyl (C=O) groups is 1. The highest BCUT2D eigenvalue weighted by atomic mass is 79.9. The van der Waals surface area contributed by atoms with E-state index < -0.39 is 0 Å². The second kappa shape index (κ2) is 5.17. The molecule has 0 radical (unpaired) electrons. The second-order valence-electron chi connectivity index (χ2n) is 4.76. The Morgan fingerprint density at radius 1 is 1.37 bits per heavy atom. The number of nitrogens with one attached hydrogen (secondary N) is 1. The highest BCUT2D eigenvalue weighted by Gasteiger charge is 2.24. The van der Waals surface area contributed by atoms with Crippen LogP contribution in [0.2, 0.25) is 0 Å². The molecule has 98 valence electrons. The van der Waals surface area contributed by atoms with Crippen molar-refractivity contribution in [2.45, 2.75) is 19.4 Å². The van der Waals surface area contributed by atoms with Gasteiger partial charge in [-0.05, 0) is 30.7 Å². The van der Waals surface area contributed by atoms with Gasteiger partial charge in [-0.25, -0.2) is 4.98 Å². The minimum Gasteiger partial charge on any atom is -0.335 e. The molecule has 1 aliphatic rings. The summed E-state index contributed by atoms with van der Waals surface area (Å²) in [5.74, 6) is 0.127. The molecule has 1 atom stereocenters. The SMILES string of the molecule is O=C(Nc1ccc(Br)cc1)C1CCn2cncc2C1. The molecule has 1 aromatic heterocycles. The molecule has 1 aliphatic heterocycles. The van der Waals surface area contributed by atoms with E-state index in [2.05, 4.69) is 30.8 Å². The maximum absolute atomic E-state index is 12.2. The van der Waals surface area contributed by atoms with Crippen molar-refractivity contribution in [3.8, 4) is 0 Å². The van der Waals surface area contributed by atoms with E-state index in [4.69, 9.17) is 0 Å². The van der Waals surface area contributed by atoms with Gasteiger partial charge < -0.3 is 9.88 Å². The van der Waals surface area contributed by atoms with Crippen molar-refractivity contribution in [2.75, 3.05) is 5.32 Å². The summed E-state index contributed by atoms with van der Waals surface area (Å²) in [4.78, 5) is 16.3. The average molecular weight is 320 g/mol. The standard InChI is InChI=1S/C14H14BrN3O/c15-11-1-3-12(4-2-11)17-14(19)10-5-6-18-9-16-8-13(18)7-10/h1-4,8-10H,5-7H2,(H,17,19). The number of rotatable bonds is 2. The van der Waals surface area contributed by atoms with Gasteiger partial charge in [0.15, 0.2) is 0 Å². The van der Waals surface area contributed by atoms with Gasteiger partial charge in [0.2, 0.25) is 5.91 Å². The molecule has 4 nitrogen and oxygen atoms in total. The Kier molecular flexibility index (Phi) is 3.38. The van der Waals surface area contributed by atoms with E-state index in [0.717, 1.165) is 35.2 Å². The van der Waals surface area contributed by atoms with Crippen LogP contribution in [-0.2, 0) is 17.8 Å². The summed E-state index contributed by atoms with van der Waals surface area (Å²) in [7, 11) is 0. The number of hydrogen-bond acceptors (Lipinski definition) is 2. The number of amides is 1. The van der Waals surface area contributed by atoms with Crippen LogP contribution in [0.15, 0.2) is 41.3 Å². The van der Waals surface area contributed by atoms with E-state index >= 15 is 0 Å². The van der Waals surface area contributed by atoms with Crippen molar-refractivity contribution in [3.05, 3.63) is 47.0 Å². The third-order valence-corrected chi connectivity index (χ3v) is 3.98. The molecule has 1 unspecified atom stereocenters. The number of fused-ring (bicyclic) bond motifs is 1. The van der Waals surface area contributed by atoms with E-state index in [9.17, 15) is 4.79 Å². The van der Waals surface area contributed by atoms with Gasteiger partial charge in [-0.3, -0.25) is 4.79 Å². The number of anilines is 1. The molecule has 19 heavy (non-hydrogen) atoms. The zero-order valence-corrected chi connectivity index (χ0v) is 11.9. The van der Waals surface area contributed by atoms with Crippen LogP contribution in [0.4, 0.5) is 5.69 Å². The largest absolute Gasteiger partial charge is 0.335 e. The van der Waals surface area contributed by atoms with E-state index in [0.29, 0.717) is 0 Å². The van der Waals surface area contributed by atoms with E-state index in [1.54, 1.807) is 0 Å².